The van der Waals surface area contributed by atoms with Crippen molar-refractivity contribution in [3.05, 3.63) is 11.1 Å². The van der Waals surface area contributed by atoms with E-state index in [1.54, 1.807) is 13.8 Å². The van der Waals surface area contributed by atoms with E-state index in [9.17, 15) is 13.2 Å². The minimum Gasteiger partial charge on any atom is -0.206 e. The van der Waals surface area contributed by atoms with Crippen LogP contribution in [0.15, 0.2) is 11.1 Å². The summed E-state index contributed by atoms with van der Waals surface area (Å²) in [6.45, 7) is 3.55. The molecule has 0 aromatic carbocycles. The summed E-state index contributed by atoms with van der Waals surface area (Å²) < 4.78 is 36.0. The third kappa shape index (κ3) is 1.74. The zero-order valence-electron chi connectivity index (χ0n) is 6.50. The number of hydrogen-bond acceptors (Lipinski definition) is 1. The predicted octanol–water partition coefficient (Wildman–Crippen LogP) is 2.16. The van der Waals surface area contributed by atoms with E-state index in [2.05, 4.69) is 0 Å². The Kier molecular flexibility index (Phi) is 1.96. The quantitative estimate of drug-likeness (QED) is 0.392. The average Bonchev–Trinajstić information content (AvgIpc) is 2.11. The van der Waals surface area contributed by atoms with Gasteiger partial charge in [-0.3, -0.25) is 0 Å². The van der Waals surface area contributed by atoms with Crippen molar-refractivity contribution in [1.29, 1.82) is 0 Å². The van der Waals surface area contributed by atoms with Gasteiger partial charge in [0.2, 0.25) is 0 Å². The zero-order chi connectivity index (χ0) is 8.65. The molecule has 0 saturated heterocycles. The fraction of sp³-hybridized carbons (Fsp3) is 0.714. The Labute approximate surface area is 63.5 Å². The number of rotatable bonds is 0. The first-order chi connectivity index (χ1) is 4.91. The normalized spacial score (nSPS) is 21.5. The average molecular weight is 165 g/mol. The Bertz CT molecular complexity index is 178. The van der Waals surface area contributed by atoms with Crippen molar-refractivity contribution in [3.8, 4) is 0 Å². The second-order valence-corrected chi connectivity index (χ2v) is 2.88. The van der Waals surface area contributed by atoms with Crippen LogP contribution in [0.25, 0.3) is 0 Å². The highest BCUT2D eigenvalue weighted by atomic mass is 19.4. The number of halogens is 3. The molecule has 0 amide bonds. The van der Waals surface area contributed by atoms with Crippen LogP contribution in [0.1, 0.15) is 13.8 Å². The van der Waals surface area contributed by atoms with Gasteiger partial charge in [-0.05, 0) is 13.8 Å². The lowest BCUT2D eigenvalue weighted by atomic mass is 10.2. The third-order valence-corrected chi connectivity index (χ3v) is 1.94. The maximum absolute atomic E-state index is 12.0. The molecule has 0 radical (unpaired) electrons. The van der Waals surface area contributed by atoms with Gasteiger partial charge < -0.3 is 0 Å². The highest BCUT2D eigenvalue weighted by Crippen LogP contribution is 2.28. The van der Waals surface area contributed by atoms with Gasteiger partial charge in [-0.2, -0.15) is 13.2 Å². The van der Waals surface area contributed by atoms with Crippen molar-refractivity contribution < 1.29 is 13.2 Å². The van der Waals surface area contributed by atoms with E-state index < -0.39 is 6.30 Å². The molecule has 0 unspecified atom stereocenters. The monoisotopic (exact) mass is 165 g/mol. The number of alkyl halides is 3. The molecule has 0 aliphatic carbocycles. The topological polar surface area (TPSA) is 3.24 Å². The van der Waals surface area contributed by atoms with Crippen LogP contribution in [0, 0.1) is 0 Å². The molecule has 0 aromatic rings. The Morgan fingerprint density at radius 1 is 1.09 bits per heavy atom. The molecular weight excluding hydrogens is 155 g/mol. The summed E-state index contributed by atoms with van der Waals surface area (Å²) in [6.07, 6.45) is -4.17. The van der Waals surface area contributed by atoms with Crippen LogP contribution in [0.2, 0.25) is 0 Å². The highest BCUT2D eigenvalue weighted by Gasteiger charge is 2.39. The lowest BCUT2D eigenvalue weighted by Crippen LogP contribution is -2.36. The third-order valence-electron chi connectivity index (χ3n) is 1.94. The van der Waals surface area contributed by atoms with Gasteiger partial charge in [0.15, 0.2) is 0 Å². The van der Waals surface area contributed by atoms with Crippen LogP contribution in [0.5, 0.6) is 0 Å². The van der Waals surface area contributed by atoms with E-state index in [1.165, 1.54) is 0 Å². The predicted molar refractivity (Wildman–Crippen MR) is 36.0 cm³/mol. The Balaban J connectivity index is 2.62. The molecule has 0 aromatic heterocycles. The van der Waals surface area contributed by atoms with Crippen LogP contribution < -0.4 is 0 Å². The Morgan fingerprint density at radius 2 is 1.45 bits per heavy atom. The van der Waals surface area contributed by atoms with Gasteiger partial charge in [-0.25, -0.2) is 4.90 Å². The molecular formula is C7H10F3N. The van der Waals surface area contributed by atoms with E-state index in [1.807, 2.05) is 0 Å². The first-order valence-electron chi connectivity index (χ1n) is 3.38. The van der Waals surface area contributed by atoms with E-state index in [0.717, 1.165) is 11.1 Å². The molecule has 11 heavy (non-hydrogen) atoms. The van der Waals surface area contributed by atoms with E-state index in [4.69, 9.17) is 0 Å². The summed E-state index contributed by atoms with van der Waals surface area (Å²) >= 11 is 0. The maximum atomic E-state index is 12.0. The van der Waals surface area contributed by atoms with Crippen molar-refractivity contribution >= 4 is 0 Å². The molecule has 1 aliphatic rings. The molecule has 4 heteroatoms. The Morgan fingerprint density at radius 3 is 1.64 bits per heavy atom. The maximum Gasteiger partial charge on any atom is 0.460 e. The van der Waals surface area contributed by atoms with Crippen LogP contribution in [0.4, 0.5) is 13.2 Å². The smallest absolute Gasteiger partial charge is 0.206 e. The number of hydrogen-bond donors (Lipinski definition) is 0. The molecule has 64 valence electrons. The molecule has 1 rings (SSSR count). The largest absolute Gasteiger partial charge is 0.460 e. The molecule has 0 fully saturated rings. The molecule has 1 aliphatic heterocycles. The van der Waals surface area contributed by atoms with Gasteiger partial charge in [-0.1, -0.05) is 11.1 Å². The van der Waals surface area contributed by atoms with Crippen LogP contribution >= 0.6 is 0 Å². The van der Waals surface area contributed by atoms with Crippen molar-refractivity contribution in [2.75, 3.05) is 13.1 Å². The molecule has 0 atom stereocenters. The van der Waals surface area contributed by atoms with Crippen molar-refractivity contribution in [2.45, 2.75) is 20.1 Å². The highest BCUT2D eigenvalue weighted by molar-refractivity contribution is 5.18. The summed E-state index contributed by atoms with van der Waals surface area (Å²) in [5, 5.41) is 0. The standard InChI is InChI=1S/C7H10F3N/c1-5-3-11(4-6(5)2)7(8,9)10/h3-4H2,1-2H3. The SMILES string of the molecule is CC1=C(C)CN(C(F)(F)F)C1. The van der Waals surface area contributed by atoms with E-state index in [0.29, 0.717) is 4.90 Å². The van der Waals surface area contributed by atoms with Gasteiger partial charge >= 0.3 is 6.30 Å². The van der Waals surface area contributed by atoms with Gasteiger partial charge in [0, 0.05) is 13.1 Å². The summed E-state index contributed by atoms with van der Waals surface area (Å²) in [5.74, 6) is 0. The Hall–Kier alpha value is -0.510. The summed E-state index contributed by atoms with van der Waals surface area (Å²) in [5.41, 5.74) is 1.67. The lowest BCUT2D eigenvalue weighted by Gasteiger charge is -2.18. The zero-order valence-corrected chi connectivity index (χ0v) is 6.50. The van der Waals surface area contributed by atoms with Gasteiger partial charge in [-0.15, -0.1) is 0 Å². The number of nitrogens with zero attached hydrogens (tertiary/aromatic N) is 1. The lowest BCUT2D eigenvalue weighted by molar-refractivity contribution is -0.237. The van der Waals surface area contributed by atoms with Gasteiger partial charge in [0.1, 0.15) is 0 Å². The molecule has 1 heterocycles. The first kappa shape index (κ1) is 8.59. The summed E-state index contributed by atoms with van der Waals surface area (Å²) in [4.78, 5) is 0.512. The van der Waals surface area contributed by atoms with Crippen LogP contribution in [-0.2, 0) is 0 Å². The molecule has 0 N–H and O–H groups in total. The van der Waals surface area contributed by atoms with E-state index in [-0.39, 0.29) is 13.1 Å². The van der Waals surface area contributed by atoms with Crippen LogP contribution in [-0.4, -0.2) is 24.3 Å². The van der Waals surface area contributed by atoms with Gasteiger partial charge in [0.05, 0.1) is 0 Å². The second kappa shape index (κ2) is 2.52. The summed E-state index contributed by atoms with van der Waals surface area (Å²) in [6, 6.07) is 0. The fourth-order valence-corrected chi connectivity index (χ4v) is 1.08. The molecule has 1 nitrogen and oxygen atoms in total. The molecule has 0 bridgehead atoms. The minimum absolute atomic E-state index is 0.0370. The molecule has 0 saturated carbocycles. The first-order valence-corrected chi connectivity index (χ1v) is 3.38. The molecule has 0 spiro atoms. The minimum atomic E-state index is -4.17. The van der Waals surface area contributed by atoms with Crippen molar-refractivity contribution in [3.63, 3.8) is 0 Å². The van der Waals surface area contributed by atoms with E-state index >= 15 is 0 Å². The van der Waals surface area contributed by atoms with Gasteiger partial charge in [0.25, 0.3) is 0 Å². The van der Waals surface area contributed by atoms with Crippen molar-refractivity contribution in [1.82, 2.24) is 4.90 Å². The summed E-state index contributed by atoms with van der Waals surface area (Å²) in [7, 11) is 0. The fourth-order valence-electron chi connectivity index (χ4n) is 1.08. The van der Waals surface area contributed by atoms with Crippen molar-refractivity contribution in [2.24, 2.45) is 0 Å². The van der Waals surface area contributed by atoms with Crippen LogP contribution in [0.3, 0.4) is 0 Å². The second-order valence-electron chi connectivity index (χ2n) is 2.88.